The van der Waals surface area contributed by atoms with Crippen molar-refractivity contribution in [2.75, 3.05) is 18.9 Å². The maximum absolute atomic E-state index is 3.41. The molecular formula is C18H22N2. The van der Waals surface area contributed by atoms with Crippen molar-refractivity contribution in [1.29, 1.82) is 0 Å². The van der Waals surface area contributed by atoms with Crippen LogP contribution in [0.1, 0.15) is 22.3 Å². The van der Waals surface area contributed by atoms with Gasteiger partial charge in [0.25, 0.3) is 0 Å². The van der Waals surface area contributed by atoms with E-state index >= 15 is 0 Å². The zero-order valence-corrected chi connectivity index (χ0v) is 12.3. The molecule has 0 atom stereocenters. The first kappa shape index (κ1) is 13.2. The van der Waals surface area contributed by atoms with E-state index < -0.39 is 0 Å². The monoisotopic (exact) mass is 266 g/mol. The zero-order valence-electron chi connectivity index (χ0n) is 12.3. The fourth-order valence-electron chi connectivity index (χ4n) is 2.90. The van der Waals surface area contributed by atoms with Crippen LogP contribution in [0.4, 0.5) is 5.69 Å². The third kappa shape index (κ3) is 2.86. The smallest absolute Gasteiger partial charge is 0.0373 e. The van der Waals surface area contributed by atoms with E-state index in [1.165, 1.54) is 27.9 Å². The molecule has 1 heterocycles. The van der Waals surface area contributed by atoms with Crippen LogP contribution >= 0.6 is 0 Å². The first-order valence-corrected chi connectivity index (χ1v) is 7.31. The summed E-state index contributed by atoms with van der Waals surface area (Å²) >= 11 is 0. The molecule has 0 radical (unpaired) electrons. The van der Waals surface area contributed by atoms with Gasteiger partial charge in [0.15, 0.2) is 0 Å². The summed E-state index contributed by atoms with van der Waals surface area (Å²) in [6, 6.07) is 15.4. The van der Waals surface area contributed by atoms with Crippen LogP contribution < -0.4 is 5.32 Å². The van der Waals surface area contributed by atoms with Crippen LogP contribution in [0.3, 0.4) is 0 Å². The van der Waals surface area contributed by atoms with Gasteiger partial charge in [0.2, 0.25) is 0 Å². The van der Waals surface area contributed by atoms with E-state index in [1.807, 2.05) is 0 Å². The molecule has 1 N–H and O–H groups in total. The van der Waals surface area contributed by atoms with Gasteiger partial charge in [0.05, 0.1) is 0 Å². The maximum Gasteiger partial charge on any atom is 0.0373 e. The predicted octanol–water partition coefficient (Wildman–Crippen LogP) is 3.60. The zero-order chi connectivity index (χ0) is 13.9. The van der Waals surface area contributed by atoms with E-state index in [2.05, 4.69) is 66.7 Å². The van der Waals surface area contributed by atoms with Crippen molar-refractivity contribution in [3.05, 3.63) is 64.7 Å². The third-order valence-electron chi connectivity index (χ3n) is 4.03. The Kier molecular flexibility index (Phi) is 3.75. The molecule has 0 amide bonds. The van der Waals surface area contributed by atoms with E-state index in [0.717, 1.165) is 26.1 Å². The Morgan fingerprint density at radius 3 is 2.80 bits per heavy atom. The second-order valence-corrected chi connectivity index (χ2v) is 5.77. The Balaban J connectivity index is 1.67. The Hall–Kier alpha value is -1.80. The fraction of sp³-hybridized carbons (Fsp3) is 0.333. The standard InChI is InChI=1S/C18H22N2/c1-14-5-3-4-6-17(14)13-20(2)12-15-7-8-18-16(11-15)9-10-19-18/h3-8,11,19H,9-10,12-13H2,1-2H3. The molecule has 1 aliphatic heterocycles. The highest BCUT2D eigenvalue weighted by molar-refractivity contribution is 5.56. The number of nitrogens with one attached hydrogen (secondary N) is 1. The van der Waals surface area contributed by atoms with Gasteiger partial charge in [-0.25, -0.2) is 0 Å². The molecule has 2 aromatic carbocycles. The van der Waals surface area contributed by atoms with Gasteiger partial charge >= 0.3 is 0 Å². The van der Waals surface area contributed by atoms with Crippen LogP contribution in [-0.2, 0) is 19.5 Å². The van der Waals surface area contributed by atoms with Crippen LogP contribution in [-0.4, -0.2) is 18.5 Å². The average molecular weight is 266 g/mol. The molecule has 3 rings (SSSR count). The minimum absolute atomic E-state index is 1.00. The second-order valence-electron chi connectivity index (χ2n) is 5.77. The summed E-state index contributed by atoms with van der Waals surface area (Å²) in [6.45, 7) is 5.27. The van der Waals surface area contributed by atoms with Gasteiger partial charge in [-0.1, -0.05) is 36.4 Å². The summed E-state index contributed by atoms with van der Waals surface area (Å²) < 4.78 is 0. The maximum atomic E-state index is 3.41. The number of anilines is 1. The molecule has 0 saturated heterocycles. The summed E-state index contributed by atoms with van der Waals surface area (Å²) in [5.41, 5.74) is 6.97. The number of hydrogen-bond acceptors (Lipinski definition) is 2. The summed E-state index contributed by atoms with van der Waals surface area (Å²) in [5.74, 6) is 0. The minimum atomic E-state index is 1.00. The number of nitrogens with zero attached hydrogens (tertiary/aromatic N) is 1. The highest BCUT2D eigenvalue weighted by atomic mass is 15.1. The number of rotatable bonds is 4. The molecule has 0 spiro atoms. The van der Waals surface area contributed by atoms with Crippen molar-refractivity contribution in [3.63, 3.8) is 0 Å². The number of hydrogen-bond donors (Lipinski definition) is 1. The molecule has 2 heteroatoms. The van der Waals surface area contributed by atoms with E-state index in [4.69, 9.17) is 0 Å². The second kappa shape index (κ2) is 5.68. The Morgan fingerprint density at radius 2 is 1.95 bits per heavy atom. The normalized spacial score (nSPS) is 13.3. The van der Waals surface area contributed by atoms with Gasteiger partial charge in [-0.05, 0) is 48.7 Å². The minimum Gasteiger partial charge on any atom is -0.384 e. The average Bonchev–Trinajstić information content (AvgIpc) is 2.89. The quantitative estimate of drug-likeness (QED) is 0.909. The van der Waals surface area contributed by atoms with Crippen LogP contribution in [0, 0.1) is 6.92 Å². The molecule has 20 heavy (non-hydrogen) atoms. The first-order chi connectivity index (χ1) is 9.72. The largest absolute Gasteiger partial charge is 0.384 e. The molecular weight excluding hydrogens is 244 g/mol. The molecule has 2 aromatic rings. The molecule has 0 aromatic heterocycles. The lowest BCUT2D eigenvalue weighted by Crippen LogP contribution is -2.17. The Morgan fingerprint density at radius 1 is 1.10 bits per heavy atom. The molecule has 0 fully saturated rings. The molecule has 0 bridgehead atoms. The lowest BCUT2D eigenvalue weighted by molar-refractivity contribution is 0.318. The number of benzene rings is 2. The van der Waals surface area contributed by atoms with Crippen LogP contribution in [0.15, 0.2) is 42.5 Å². The summed E-state index contributed by atoms with van der Waals surface area (Å²) in [7, 11) is 2.19. The lowest BCUT2D eigenvalue weighted by Gasteiger charge is -2.18. The molecule has 0 unspecified atom stereocenters. The summed E-state index contributed by atoms with van der Waals surface area (Å²) in [5, 5.41) is 3.41. The van der Waals surface area contributed by atoms with Crippen LogP contribution in [0.25, 0.3) is 0 Å². The van der Waals surface area contributed by atoms with Gasteiger partial charge in [-0.15, -0.1) is 0 Å². The summed E-state index contributed by atoms with van der Waals surface area (Å²) in [6.07, 6.45) is 1.16. The molecule has 1 aliphatic rings. The lowest BCUT2D eigenvalue weighted by atomic mass is 10.1. The van der Waals surface area contributed by atoms with Gasteiger partial charge < -0.3 is 5.32 Å². The van der Waals surface area contributed by atoms with E-state index in [9.17, 15) is 0 Å². The number of aryl methyl sites for hydroxylation is 1. The first-order valence-electron chi connectivity index (χ1n) is 7.31. The third-order valence-corrected chi connectivity index (χ3v) is 4.03. The molecule has 2 nitrogen and oxygen atoms in total. The summed E-state index contributed by atoms with van der Waals surface area (Å²) in [4.78, 5) is 2.38. The molecule has 104 valence electrons. The molecule has 0 aliphatic carbocycles. The van der Waals surface area contributed by atoms with E-state index in [1.54, 1.807) is 0 Å². The van der Waals surface area contributed by atoms with Gasteiger partial charge in [0.1, 0.15) is 0 Å². The van der Waals surface area contributed by atoms with Gasteiger partial charge in [-0.3, -0.25) is 4.90 Å². The Bertz CT molecular complexity index is 604. The van der Waals surface area contributed by atoms with E-state index in [0.29, 0.717) is 0 Å². The highest BCUT2D eigenvalue weighted by Crippen LogP contribution is 2.23. The SMILES string of the molecule is Cc1ccccc1CN(C)Cc1ccc2c(c1)CCN2. The number of fused-ring (bicyclic) bond motifs is 1. The van der Waals surface area contributed by atoms with Crippen molar-refractivity contribution in [2.45, 2.75) is 26.4 Å². The van der Waals surface area contributed by atoms with Gasteiger partial charge in [0, 0.05) is 25.3 Å². The van der Waals surface area contributed by atoms with Crippen LogP contribution in [0.2, 0.25) is 0 Å². The van der Waals surface area contributed by atoms with E-state index in [-0.39, 0.29) is 0 Å². The van der Waals surface area contributed by atoms with Crippen LogP contribution in [0.5, 0.6) is 0 Å². The van der Waals surface area contributed by atoms with Crippen molar-refractivity contribution in [1.82, 2.24) is 4.90 Å². The topological polar surface area (TPSA) is 15.3 Å². The van der Waals surface area contributed by atoms with Crippen molar-refractivity contribution >= 4 is 5.69 Å². The molecule has 0 saturated carbocycles. The Labute approximate surface area is 121 Å². The van der Waals surface area contributed by atoms with Gasteiger partial charge in [-0.2, -0.15) is 0 Å². The van der Waals surface area contributed by atoms with Crippen molar-refractivity contribution in [3.8, 4) is 0 Å². The fourth-order valence-corrected chi connectivity index (χ4v) is 2.90. The highest BCUT2D eigenvalue weighted by Gasteiger charge is 2.11. The van der Waals surface area contributed by atoms with Crippen molar-refractivity contribution in [2.24, 2.45) is 0 Å². The predicted molar refractivity (Wildman–Crippen MR) is 85.0 cm³/mol. The van der Waals surface area contributed by atoms with Crippen molar-refractivity contribution < 1.29 is 0 Å².